The van der Waals surface area contributed by atoms with Gasteiger partial charge >= 0.3 is 0 Å². The van der Waals surface area contributed by atoms with Gasteiger partial charge in [0, 0.05) is 0 Å². The Kier molecular flexibility index (Phi) is 4.22. The Hall–Kier alpha value is -0.750. The van der Waals surface area contributed by atoms with Crippen LogP contribution in [0.1, 0.15) is 27.7 Å². The summed E-state index contributed by atoms with van der Waals surface area (Å²) in [6.07, 6.45) is 0. The Morgan fingerprint density at radius 3 is 2.23 bits per heavy atom. The van der Waals surface area contributed by atoms with E-state index < -0.39 is 10.9 Å². The number of nitriles is 1. The van der Waals surface area contributed by atoms with E-state index in [2.05, 4.69) is 11.4 Å². The highest BCUT2D eigenvalue weighted by Gasteiger charge is 2.30. The molecule has 0 rings (SSSR count). The van der Waals surface area contributed by atoms with Crippen LogP contribution in [0.2, 0.25) is 0 Å². The van der Waals surface area contributed by atoms with Gasteiger partial charge in [-0.15, -0.1) is 11.6 Å². The van der Waals surface area contributed by atoms with Gasteiger partial charge in [0.1, 0.15) is 10.9 Å². The second kappa shape index (κ2) is 4.48. The van der Waals surface area contributed by atoms with E-state index in [1.807, 2.05) is 13.8 Å². The molecular weight excluding hydrogens is 188 g/mol. The third-order valence-corrected chi connectivity index (χ3v) is 2.33. The molecule has 0 aromatic carbocycles. The summed E-state index contributed by atoms with van der Waals surface area (Å²) in [7, 11) is 0. The van der Waals surface area contributed by atoms with Crippen LogP contribution in [0.15, 0.2) is 0 Å². The second-order valence-electron chi connectivity index (χ2n) is 3.57. The van der Waals surface area contributed by atoms with Crippen LogP contribution in [-0.2, 0) is 4.79 Å². The molecule has 0 bridgehead atoms. The fourth-order valence-corrected chi connectivity index (χ4v) is 0.711. The summed E-state index contributed by atoms with van der Waals surface area (Å²) >= 11 is 5.57. The minimum Gasteiger partial charge on any atom is -0.337 e. The summed E-state index contributed by atoms with van der Waals surface area (Å²) in [5.74, 6) is -0.253. The number of rotatable bonds is 3. The molecule has 0 saturated heterocycles. The number of alkyl halides is 1. The zero-order valence-electron chi connectivity index (χ0n) is 8.39. The van der Waals surface area contributed by atoms with Crippen LogP contribution < -0.4 is 5.32 Å². The molecule has 0 aliphatic heterocycles. The molecule has 0 unspecified atom stereocenters. The molecule has 0 aromatic heterocycles. The molecule has 0 aliphatic carbocycles. The normalized spacial score (nSPS) is 17.3. The Balaban J connectivity index is 4.48. The van der Waals surface area contributed by atoms with E-state index in [1.54, 1.807) is 13.8 Å². The lowest BCUT2D eigenvalue weighted by atomic mass is 9.90. The molecule has 0 aromatic rings. The van der Waals surface area contributed by atoms with E-state index in [0.717, 1.165) is 0 Å². The highest BCUT2D eigenvalue weighted by Crippen LogP contribution is 2.15. The van der Waals surface area contributed by atoms with Crippen molar-refractivity contribution in [3.05, 3.63) is 0 Å². The Labute approximate surface area is 84.1 Å². The van der Waals surface area contributed by atoms with Gasteiger partial charge < -0.3 is 5.32 Å². The number of hydrogen-bond donors (Lipinski definition) is 1. The summed E-state index contributed by atoms with van der Waals surface area (Å²) in [4.78, 5) is 11.2. The van der Waals surface area contributed by atoms with Gasteiger partial charge in [-0.1, -0.05) is 13.8 Å². The molecule has 0 spiro atoms. The van der Waals surface area contributed by atoms with Crippen molar-refractivity contribution < 1.29 is 4.79 Å². The van der Waals surface area contributed by atoms with Gasteiger partial charge in [0.05, 0.1) is 6.07 Å². The van der Waals surface area contributed by atoms with Gasteiger partial charge in [0.2, 0.25) is 5.91 Å². The van der Waals surface area contributed by atoms with Crippen molar-refractivity contribution in [2.75, 3.05) is 0 Å². The molecule has 0 heterocycles. The van der Waals surface area contributed by atoms with Gasteiger partial charge in [-0.25, -0.2) is 0 Å². The Bertz CT molecular complexity index is 232. The lowest BCUT2D eigenvalue weighted by Crippen LogP contribution is -2.50. The number of nitrogens with one attached hydrogen (secondary N) is 1. The van der Waals surface area contributed by atoms with Crippen LogP contribution in [0.25, 0.3) is 0 Å². The zero-order valence-corrected chi connectivity index (χ0v) is 9.14. The summed E-state index contributed by atoms with van der Waals surface area (Å²) in [6.45, 7) is 7.02. The number of carbonyl (C=O) groups excluding carboxylic acids is 1. The minimum absolute atomic E-state index is 0.0527. The summed E-state index contributed by atoms with van der Waals surface area (Å²) in [5, 5.41) is 10.9. The zero-order chi connectivity index (χ0) is 10.6. The molecule has 0 fully saturated rings. The average molecular weight is 203 g/mol. The first-order valence-electron chi connectivity index (χ1n) is 4.21. The Morgan fingerprint density at radius 2 is 2.00 bits per heavy atom. The molecule has 0 radical (unpaired) electrons. The average Bonchev–Trinajstić information content (AvgIpc) is 2.03. The summed E-state index contributed by atoms with van der Waals surface area (Å²) < 4.78 is 0. The number of nitrogens with zero attached hydrogens (tertiary/aromatic N) is 1. The molecule has 3 nitrogen and oxygen atoms in total. The predicted molar refractivity (Wildman–Crippen MR) is 52.3 cm³/mol. The second-order valence-corrected chi connectivity index (χ2v) is 4.23. The molecule has 1 amide bonds. The quantitative estimate of drug-likeness (QED) is 0.708. The van der Waals surface area contributed by atoms with E-state index in [-0.39, 0.29) is 11.8 Å². The van der Waals surface area contributed by atoms with Gasteiger partial charge in [-0.3, -0.25) is 4.79 Å². The van der Waals surface area contributed by atoms with Crippen molar-refractivity contribution in [3.63, 3.8) is 0 Å². The maximum absolute atomic E-state index is 11.2. The number of halogens is 1. The molecular formula is C9H15ClN2O. The van der Waals surface area contributed by atoms with E-state index >= 15 is 0 Å². The largest absolute Gasteiger partial charge is 0.337 e. The maximum atomic E-state index is 11.2. The van der Waals surface area contributed by atoms with Gasteiger partial charge in [-0.2, -0.15) is 5.26 Å². The smallest absolute Gasteiger partial charge is 0.239 e. The van der Waals surface area contributed by atoms with Crippen LogP contribution in [0.5, 0.6) is 0 Å². The standard InChI is InChI=1S/C9H15ClN2O/c1-6(2)9(4,5-11)12-8(13)7(3)10/h6-7H,1-4H3,(H,12,13)/t7-,9+/m0/s1. The first-order chi connectivity index (χ1) is 5.83. The fourth-order valence-electron chi connectivity index (χ4n) is 0.657. The predicted octanol–water partition coefficient (Wildman–Crippen LogP) is 1.67. The third-order valence-electron chi connectivity index (χ3n) is 2.13. The summed E-state index contributed by atoms with van der Waals surface area (Å²) in [5.41, 5.74) is -0.833. The monoisotopic (exact) mass is 202 g/mol. The summed E-state index contributed by atoms with van der Waals surface area (Å²) in [6, 6.07) is 2.07. The highest BCUT2D eigenvalue weighted by molar-refractivity contribution is 6.30. The number of amides is 1. The van der Waals surface area contributed by atoms with Crippen molar-refractivity contribution in [1.29, 1.82) is 5.26 Å². The Morgan fingerprint density at radius 1 is 1.54 bits per heavy atom. The highest BCUT2D eigenvalue weighted by atomic mass is 35.5. The van der Waals surface area contributed by atoms with Crippen LogP contribution in [-0.4, -0.2) is 16.8 Å². The van der Waals surface area contributed by atoms with E-state index in [0.29, 0.717) is 0 Å². The topological polar surface area (TPSA) is 52.9 Å². The molecule has 74 valence electrons. The lowest BCUT2D eigenvalue weighted by molar-refractivity contribution is -0.122. The SMILES string of the molecule is CC(C)[C@@](C)(C#N)NC(=O)[C@H](C)Cl. The maximum Gasteiger partial charge on any atom is 0.239 e. The lowest BCUT2D eigenvalue weighted by Gasteiger charge is -2.27. The minimum atomic E-state index is -0.833. The van der Waals surface area contributed by atoms with Crippen LogP contribution in [0.4, 0.5) is 0 Å². The third kappa shape index (κ3) is 3.23. The van der Waals surface area contributed by atoms with Crippen molar-refractivity contribution in [3.8, 4) is 6.07 Å². The number of hydrogen-bond acceptors (Lipinski definition) is 2. The van der Waals surface area contributed by atoms with Crippen molar-refractivity contribution in [2.45, 2.75) is 38.6 Å². The van der Waals surface area contributed by atoms with Gasteiger partial charge in [0.25, 0.3) is 0 Å². The van der Waals surface area contributed by atoms with Crippen LogP contribution in [0.3, 0.4) is 0 Å². The molecule has 4 heteroatoms. The van der Waals surface area contributed by atoms with Crippen LogP contribution in [0, 0.1) is 17.2 Å². The van der Waals surface area contributed by atoms with Crippen molar-refractivity contribution >= 4 is 17.5 Å². The van der Waals surface area contributed by atoms with Crippen LogP contribution >= 0.6 is 11.6 Å². The molecule has 2 atom stereocenters. The molecule has 1 N–H and O–H groups in total. The van der Waals surface area contributed by atoms with E-state index in [4.69, 9.17) is 16.9 Å². The molecule has 13 heavy (non-hydrogen) atoms. The number of carbonyl (C=O) groups is 1. The van der Waals surface area contributed by atoms with E-state index in [9.17, 15) is 4.79 Å². The van der Waals surface area contributed by atoms with Gasteiger partial charge in [0.15, 0.2) is 0 Å². The molecule has 0 aliphatic rings. The van der Waals surface area contributed by atoms with Gasteiger partial charge in [-0.05, 0) is 19.8 Å². The first kappa shape index (κ1) is 12.2. The van der Waals surface area contributed by atoms with Crippen molar-refractivity contribution in [2.24, 2.45) is 5.92 Å². The molecule has 0 saturated carbocycles. The first-order valence-corrected chi connectivity index (χ1v) is 4.64. The van der Waals surface area contributed by atoms with E-state index in [1.165, 1.54) is 0 Å². The fraction of sp³-hybridized carbons (Fsp3) is 0.778. The van der Waals surface area contributed by atoms with Crippen molar-refractivity contribution in [1.82, 2.24) is 5.32 Å².